The van der Waals surface area contributed by atoms with Crippen LogP contribution >= 0.6 is 0 Å². The summed E-state index contributed by atoms with van der Waals surface area (Å²) in [5.41, 5.74) is 3.82. The molecule has 1 rings (SSSR count). The number of nitrogens with zero attached hydrogens (tertiary/aromatic N) is 1. The molecule has 0 unspecified atom stereocenters. The maximum absolute atomic E-state index is 12.7. The molecule has 16 nitrogen and oxygen atoms in total. The van der Waals surface area contributed by atoms with E-state index < -0.39 is 11.8 Å². The van der Waals surface area contributed by atoms with Crippen molar-refractivity contribution in [3.05, 3.63) is 29.3 Å². The number of benzene rings is 1. The van der Waals surface area contributed by atoms with E-state index in [9.17, 15) is 38.7 Å². The first-order valence-electron chi connectivity index (χ1n) is 14.3. The molecule has 1 aromatic carbocycles. The lowest BCUT2D eigenvalue weighted by Gasteiger charge is -2.23. The van der Waals surface area contributed by atoms with Gasteiger partial charge >= 0.3 is 0 Å². The predicted molar refractivity (Wildman–Crippen MR) is 156 cm³/mol. The smallest absolute Gasteiger partial charge is 0.278 e. The number of hydrazine groups is 1. The van der Waals surface area contributed by atoms with Gasteiger partial charge in [0.25, 0.3) is 5.91 Å². The van der Waals surface area contributed by atoms with Gasteiger partial charge in [-0.1, -0.05) is 6.07 Å². The van der Waals surface area contributed by atoms with Gasteiger partial charge in [0.1, 0.15) is 11.5 Å². The number of rotatable bonds is 21. The lowest BCUT2D eigenvalue weighted by atomic mass is 10.1. The molecule has 0 aromatic heterocycles. The quantitative estimate of drug-likeness (QED) is 0.0370. The number of hydroxylamine groups is 1. The van der Waals surface area contributed by atoms with E-state index in [1.165, 1.54) is 35.5 Å². The van der Waals surface area contributed by atoms with Crippen LogP contribution in [-0.4, -0.2) is 82.6 Å². The molecule has 6 amide bonds. The first-order chi connectivity index (χ1) is 21.0. The van der Waals surface area contributed by atoms with Crippen LogP contribution in [0.25, 0.3) is 0 Å². The highest BCUT2D eigenvalue weighted by molar-refractivity contribution is 5.96. The fourth-order valence-electron chi connectivity index (χ4n) is 3.96. The van der Waals surface area contributed by atoms with Crippen molar-refractivity contribution in [2.24, 2.45) is 5.84 Å². The topological polar surface area (TPSA) is 249 Å². The van der Waals surface area contributed by atoms with Gasteiger partial charge in [-0.05, 0) is 43.9 Å². The highest BCUT2D eigenvalue weighted by atomic mass is 16.5. The second kappa shape index (κ2) is 21.2. The predicted octanol–water partition coefficient (Wildman–Crippen LogP) is -0.722. The number of carbonyl (C=O) groups excluding carboxylic acids is 7. The fraction of sp³-hybridized carbons (Fsp3) is 0.536. The Bertz CT molecular complexity index is 1160. The van der Waals surface area contributed by atoms with Crippen molar-refractivity contribution in [1.29, 1.82) is 0 Å². The number of nitrogens with two attached hydrogens (primary N) is 1. The third-order valence-electron chi connectivity index (χ3n) is 6.35. The average molecular weight is 622 g/mol. The highest BCUT2D eigenvalue weighted by Gasteiger charge is 2.15. The lowest BCUT2D eigenvalue weighted by Crippen LogP contribution is -2.42. The average Bonchev–Trinajstić information content (AvgIpc) is 2.98. The summed E-state index contributed by atoms with van der Waals surface area (Å²) in [6, 6.07) is 4.10. The minimum absolute atomic E-state index is 0.00117. The Morgan fingerprint density at radius 3 is 1.80 bits per heavy atom. The monoisotopic (exact) mass is 621 g/mol. The molecule has 0 aliphatic carbocycles. The molecular weight excluding hydrogens is 578 g/mol. The first kappa shape index (κ1) is 37.5. The summed E-state index contributed by atoms with van der Waals surface area (Å²) in [7, 11) is 0. The summed E-state index contributed by atoms with van der Waals surface area (Å²) < 4.78 is 0. The van der Waals surface area contributed by atoms with Crippen LogP contribution < -0.4 is 32.7 Å². The number of hydrogen-bond donors (Lipinski definition) is 8. The van der Waals surface area contributed by atoms with Gasteiger partial charge < -0.3 is 30.8 Å². The largest absolute Gasteiger partial charge is 0.507 e. The molecule has 0 saturated carbocycles. The summed E-state index contributed by atoms with van der Waals surface area (Å²) in [6.45, 7) is 2.21. The van der Waals surface area contributed by atoms with E-state index in [1.54, 1.807) is 0 Å². The number of phenolic OH excluding ortho intramolecular Hbond substituents is 1. The Hall–Kier alpha value is -4.57. The molecule has 0 radical (unpaired) electrons. The van der Waals surface area contributed by atoms with Crippen molar-refractivity contribution in [3.8, 4) is 5.75 Å². The third kappa shape index (κ3) is 16.2. The SMILES string of the molecule is CC(=O)CCCC(=O)NCCN(CCNC(=O)CCCC(=O)NCc1ccc(C(=O)NO)c(O)c1)C(=O)CCCC(=O)NN. The molecule has 9 N–H and O–H groups in total. The van der Waals surface area contributed by atoms with Crippen molar-refractivity contribution in [2.45, 2.75) is 71.3 Å². The van der Waals surface area contributed by atoms with E-state index >= 15 is 0 Å². The molecule has 0 aliphatic heterocycles. The first-order valence-corrected chi connectivity index (χ1v) is 14.3. The van der Waals surface area contributed by atoms with Crippen LogP contribution in [-0.2, 0) is 35.3 Å². The summed E-state index contributed by atoms with van der Waals surface area (Å²) in [5, 5.41) is 26.6. The second-order valence-electron chi connectivity index (χ2n) is 9.98. The summed E-state index contributed by atoms with van der Waals surface area (Å²) in [6.07, 6.45) is 1.76. The van der Waals surface area contributed by atoms with E-state index in [0.717, 1.165) is 0 Å². The molecule has 0 bridgehead atoms. The zero-order chi connectivity index (χ0) is 32.9. The Morgan fingerprint density at radius 1 is 0.750 bits per heavy atom. The van der Waals surface area contributed by atoms with Crippen LogP contribution in [0.15, 0.2) is 18.2 Å². The maximum atomic E-state index is 12.7. The number of carbonyl (C=O) groups is 7. The van der Waals surface area contributed by atoms with E-state index in [2.05, 4.69) is 16.0 Å². The van der Waals surface area contributed by atoms with E-state index in [0.29, 0.717) is 18.4 Å². The van der Waals surface area contributed by atoms with Gasteiger partial charge in [-0.15, -0.1) is 0 Å². The van der Waals surface area contributed by atoms with E-state index in [1.807, 2.05) is 5.43 Å². The summed E-state index contributed by atoms with van der Waals surface area (Å²) >= 11 is 0. The molecule has 0 fully saturated rings. The second-order valence-corrected chi connectivity index (χ2v) is 9.98. The van der Waals surface area contributed by atoms with Gasteiger partial charge in [0, 0.05) is 71.2 Å². The van der Waals surface area contributed by atoms with Gasteiger partial charge in [0.2, 0.25) is 29.5 Å². The molecular formula is C28H43N7O9. The minimum Gasteiger partial charge on any atom is -0.507 e. The minimum atomic E-state index is -0.869. The van der Waals surface area contributed by atoms with Crippen molar-refractivity contribution < 1.29 is 43.9 Å². The van der Waals surface area contributed by atoms with Gasteiger partial charge in [0.05, 0.1) is 5.56 Å². The van der Waals surface area contributed by atoms with Crippen LogP contribution in [0, 0.1) is 0 Å². The van der Waals surface area contributed by atoms with Crippen molar-refractivity contribution in [1.82, 2.24) is 31.8 Å². The molecule has 0 aliphatic rings. The van der Waals surface area contributed by atoms with Crippen molar-refractivity contribution in [3.63, 3.8) is 0 Å². The molecule has 1 aromatic rings. The van der Waals surface area contributed by atoms with Gasteiger partial charge in [-0.3, -0.25) is 39.4 Å². The Morgan fingerprint density at radius 2 is 1.27 bits per heavy atom. The third-order valence-corrected chi connectivity index (χ3v) is 6.35. The number of hydrogen-bond acceptors (Lipinski definition) is 10. The number of nitrogens with one attached hydrogen (secondary N) is 5. The van der Waals surface area contributed by atoms with Gasteiger partial charge in [-0.2, -0.15) is 0 Å². The summed E-state index contributed by atoms with van der Waals surface area (Å²) in [4.78, 5) is 84.4. The van der Waals surface area contributed by atoms with Crippen molar-refractivity contribution >= 4 is 41.2 Å². The van der Waals surface area contributed by atoms with Crippen molar-refractivity contribution in [2.75, 3.05) is 26.2 Å². The molecule has 0 saturated heterocycles. The maximum Gasteiger partial charge on any atom is 0.278 e. The number of ketones is 1. The lowest BCUT2D eigenvalue weighted by molar-refractivity contribution is -0.132. The van der Waals surface area contributed by atoms with Crippen LogP contribution in [0.5, 0.6) is 5.75 Å². The molecule has 16 heteroatoms. The Labute approximate surface area is 255 Å². The zero-order valence-electron chi connectivity index (χ0n) is 24.9. The number of aromatic hydroxyl groups is 1. The number of phenols is 1. The molecule has 0 heterocycles. The Balaban J connectivity index is 2.43. The normalized spacial score (nSPS) is 10.3. The Kier molecular flexibility index (Phi) is 18.0. The van der Waals surface area contributed by atoms with Crippen LogP contribution in [0.3, 0.4) is 0 Å². The van der Waals surface area contributed by atoms with Crippen LogP contribution in [0.4, 0.5) is 0 Å². The van der Waals surface area contributed by atoms with Gasteiger partial charge in [0.15, 0.2) is 0 Å². The van der Waals surface area contributed by atoms with Gasteiger partial charge in [-0.25, -0.2) is 11.3 Å². The molecule has 44 heavy (non-hydrogen) atoms. The van der Waals surface area contributed by atoms with E-state index in [4.69, 9.17) is 11.0 Å². The fourth-order valence-corrected chi connectivity index (χ4v) is 3.96. The van der Waals surface area contributed by atoms with Crippen LogP contribution in [0.1, 0.15) is 80.6 Å². The molecule has 0 spiro atoms. The standard InChI is InChI=1S/C28H43N7O9/c1-19(36)5-2-6-23(38)30-13-15-35(27(42)10-4-9-26(41)33-29)16-14-31-24(39)7-3-8-25(40)32-18-20-11-12-21(22(37)17-20)28(43)34-44/h11-12,17,37,44H,2-10,13-16,18,29H2,1H3,(H,30,38)(H,31,39)(H,32,40)(H,33,41)(H,34,43). The number of Topliss-reactive ketones (excluding diaryl/α,β-unsaturated/α-hetero) is 1. The molecule has 0 atom stereocenters. The molecule has 244 valence electrons. The van der Waals surface area contributed by atoms with Crippen LogP contribution in [0.2, 0.25) is 0 Å². The zero-order valence-corrected chi connectivity index (χ0v) is 24.9. The highest BCUT2D eigenvalue weighted by Crippen LogP contribution is 2.18. The van der Waals surface area contributed by atoms with E-state index in [-0.39, 0.29) is 118 Å². The number of amides is 6. The summed E-state index contributed by atoms with van der Waals surface area (Å²) in [5.74, 6) is 2.31.